The molecule has 2 amide bonds. The minimum Gasteiger partial charge on any atom is -0.444 e. The summed E-state index contributed by atoms with van der Waals surface area (Å²) < 4.78 is 5.20. The van der Waals surface area contributed by atoms with Gasteiger partial charge in [0.25, 0.3) is 5.91 Å². The highest BCUT2D eigenvalue weighted by Gasteiger charge is 2.20. The predicted molar refractivity (Wildman–Crippen MR) is 91.0 cm³/mol. The molecule has 0 radical (unpaired) electrons. The molecule has 1 aromatic carbocycles. The summed E-state index contributed by atoms with van der Waals surface area (Å²) in [6, 6.07) is 4.67. The SMILES string of the molecule is CSCC(CSC)OC(=O)NC(=O)c1c(Cl)cccc1Cl. The molecule has 0 unspecified atom stereocenters. The summed E-state index contributed by atoms with van der Waals surface area (Å²) in [6.45, 7) is 0. The molecule has 0 heterocycles. The van der Waals surface area contributed by atoms with Crippen molar-refractivity contribution in [3.05, 3.63) is 33.8 Å². The van der Waals surface area contributed by atoms with Crippen LogP contribution in [0.25, 0.3) is 0 Å². The molecule has 0 aromatic heterocycles. The Hall–Kier alpha value is -0.560. The summed E-state index contributed by atoms with van der Waals surface area (Å²) in [5.74, 6) is 0.646. The van der Waals surface area contributed by atoms with E-state index < -0.39 is 12.0 Å². The Balaban J connectivity index is 2.67. The van der Waals surface area contributed by atoms with E-state index in [1.54, 1.807) is 29.6 Å². The van der Waals surface area contributed by atoms with Crippen LogP contribution in [0.2, 0.25) is 10.0 Å². The molecular formula is C13H15Cl2NO3S2. The Bertz CT molecular complexity index is 488. The van der Waals surface area contributed by atoms with E-state index in [1.165, 1.54) is 12.1 Å². The molecule has 116 valence electrons. The molecule has 0 aliphatic rings. The van der Waals surface area contributed by atoms with Gasteiger partial charge in [0.15, 0.2) is 0 Å². The van der Waals surface area contributed by atoms with Crippen molar-refractivity contribution in [3.8, 4) is 0 Å². The number of alkyl carbamates (subject to hydrolysis) is 1. The first-order chi connectivity index (χ1) is 9.99. The zero-order valence-corrected chi connectivity index (χ0v) is 14.7. The van der Waals surface area contributed by atoms with E-state index in [4.69, 9.17) is 27.9 Å². The van der Waals surface area contributed by atoms with Crippen LogP contribution < -0.4 is 5.32 Å². The first kappa shape index (κ1) is 18.5. The Morgan fingerprint density at radius 1 is 1.19 bits per heavy atom. The number of amides is 2. The van der Waals surface area contributed by atoms with Crippen molar-refractivity contribution in [2.75, 3.05) is 24.0 Å². The third kappa shape index (κ3) is 5.98. The second kappa shape index (κ2) is 9.46. The van der Waals surface area contributed by atoms with Crippen LogP contribution >= 0.6 is 46.7 Å². The molecule has 4 nitrogen and oxygen atoms in total. The third-order valence-electron chi connectivity index (χ3n) is 2.38. The first-order valence-corrected chi connectivity index (χ1v) is 9.47. The number of carbonyl (C=O) groups excluding carboxylic acids is 2. The molecule has 21 heavy (non-hydrogen) atoms. The predicted octanol–water partition coefficient (Wildman–Crippen LogP) is 3.95. The normalized spacial score (nSPS) is 10.5. The van der Waals surface area contributed by atoms with Crippen LogP contribution in [0, 0.1) is 0 Å². The molecule has 0 aliphatic carbocycles. The highest BCUT2D eigenvalue weighted by Crippen LogP contribution is 2.24. The Kier molecular flexibility index (Phi) is 8.33. The van der Waals surface area contributed by atoms with Crippen LogP contribution in [-0.4, -0.2) is 42.1 Å². The van der Waals surface area contributed by atoms with Crippen molar-refractivity contribution in [2.24, 2.45) is 0 Å². The van der Waals surface area contributed by atoms with Crippen LogP contribution in [0.15, 0.2) is 18.2 Å². The minimum atomic E-state index is -0.802. The molecule has 1 rings (SSSR count). The number of benzene rings is 1. The highest BCUT2D eigenvalue weighted by atomic mass is 35.5. The number of nitrogens with one attached hydrogen (secondary N) is 1. The maximum absolute atomic E-state index is 12.0. The van der Waals surface area contributed by atoms with E-state index in [0.29, 0.717) is 11.5 Å². The van der Waals surface area contributed by atoms with Crippen LogP contribution in [0.5, 0.6) is 0 Å². The number of carbonyl (C=O) groups is 2. The topological polar surface area (TPSA) is 55.4 Å². The van der Waals surface area contributed by atoms with Crippen molar-refractivity contribution in [1.29, 1.82) is 0 Å². The molecule has 0 fully saturated rings. The maximum atomic E-state index is 12.0. The smallest absolute Gasteiger partial charge is 0.414 e. The van der Waals surface area contributed by atoms with Gasteiger partial charge in [-0.15, -0.1) is 0 Å². The summed E-state index contributed by atoms with van der Waals surface area (Å²) in [5, 5.41) is 2.49. The van der Waals surface area contributed by atoms with E-state index in [0.717, 1.165) is 0 Å². The van der Waals surface area contributed by atoms with Gasteiger partial charge in [-0.3, -0.25) is 10.1 Å². The maximum Gasteiger partial charge on any atom is 0.414 e. The van der Waals surface area contributed by atoms with E-state index >= 15 is 0 Å². The number of rotatable bonds is 6. The van der Waals surface area contributed by atoms with Gasteiger partial charge in [0, 0.05) is 11.5 Å². The van der Waals surface area contributed by atoms with E-state index in [-0.39, 0.29) is 21.7 Å². The Morgan fingerprint density at radius 3 is 2.19 bits per heavy atom. The molecular weight excluding hydrogens is 353 g/mol. The zero-order valence-electron chi connectivity index (χ0n) is 11.5. The molecule has 0 saturated carbocycles. The molecule has 0 bridgehead atoms. The first-order valence-electron chi connectivity index (χ1n) is 5.93. The summed E-state index contributed by atoms with van der Waals surface area (Å²) in [6.07, 6.45) is 2.78. The van der Waals surface area contributed by atoms with Crippen LogP contribution in [0.1, 0.15) is 10.4 Å². The fourth-order valence-electron chi connectivity index (χ4n) is 1.54. The highest BCUT2D eigenvalue weighted by molar-refractivity contribution is 7.99. The molecule has 1 aromatic rings. The van der Waals surface area contributed by atoms with Gasteiger partial charge in [-0.05, 0) is 24.6 Å². The van der Waals surface area contributed by atoms with Gasteiger partial charge in [-0.25, -0.2) is 4.79 Å². The minimum absolute atomic E-state index is 0.0593. The third-order valence-corrected chi connectivity index (χ3v) is 4.42. The zero-order chi connectivity index (χ0) is 15.8. The summed E-state index contributed by atoms with van der Waals surface area (Å²) >= 11 is 15.0. The van der Waals surface area contributed by atoms with Crippen molar-refractivity contribution in [2.45, 2.75) is 6.10 Å². The number of hydrogen-bond donors (Lipinski definition) is 1. The van der Waals surface area contributed by atoms with Gasteiger partial charge < -0.3 is 4.74 Å². The van der Waals surface area contributed by atoms with E-state index in [2.05, 4.69) is 5.32 Å². The van der Waals surface area contributed by atoms with Gasteiger partial charge >= 0.3 is 6.09 Å². The quantitative estimate of drug-likeness (QED) is 0.824. The molecule has 0 spiro atoms. The second-order valence-corrected chi connectivity index (χ2v) is 6.62. The van der Waals surface area contributed by atoms with Crippen molar-refractivity contribution >= 4 is 58.7 Å². The van der Waals surface area contributed by atoms with Crippen LogP contribution in [-0.2, 0) is 4.74 Å². The summed E-state index contributed by atoms with van der Waals surface area (Å²) in [5.41, 5.74) is 0.0593. The van der Waals surface area contributed by atoms with E-state index in [9.17, 15) is 9.59 Å². The molecule has 1 N–H and O–H groups in total. The lowest BCUT2D eigenvalue weighted by atomic mass is 10.2. The number of imide groups is 1. The Labute approximate surface area is 142 Å². The lowest BCUT2D eigenvalue weighted by Gasteiger charge is -2.16. The molecule has 0 saturated heterocycles. The summed E-state index contributed by atoms with van der Waals surface area (Å²) in [4.78, 5) is 23.8. The van der Waals surface area contributed by atoms with Crippen LogP contribution in [0.3, 0.4) is 0 Å². The van der Waals surface area contributed by atoms with Crippen LogP contribution in [0.4, 0.5) is 4.79 Å². The van der Waals surface area contributed by atoms with Gasteiger partial charge in [0.2, 0.25) is 0 Å². The number of ether oxygens (including phenoxy) is 1. The second-order valence-electron chi connectivity index (χ2n) is 3.99. The molecule has 0 aliphatic heterocycles. The van der Waals surface area contributed by atoms with Gasteiger partial charge in [0.05, 0.1) is 15.6 Å². The van der Waals surface area contributed by atoms with Gasteiger partial charge in [-0.1, -0.05) is 29.3 Å². The monoisotopic (exact) mass is 367 g/mol. The Morgan fingerprint density at radius 2 is 1.71 bits per heavy atom. The number of hydrogen-bond acceptors (Lipinski definition) is 5. The fraction of sp³-hybridized carbons (Fsp3) is 0.385. The fourth-order valence-corrected chi connectivity index (χ4v) is 3.37. The van der Waals surface area contributed by atoms with Crippen molar-refractivity contribution in [3.63, 3.8) is 0 Å². The number of thioether (sulfide) groups is 2. The van der Waals surface area contributed by atoms with Gasteiger partial charge in [0.1, 0.15) is 6.10 Å². The van der Waals surface area contributed by atoms with Gasteiger partial charge in [-0.2, -0.15) is 23.5 Å². The standard InChI is InChI=1S/C13H15Cl2NO3S2/c1-20-6-8(7-21-2)19-13(18)16-12(17)11-9(14)4-3-5-10(11)15/h3-5,8H,6-7H2,1-2H3,(H,16,17,18). The lowest BCUT2D eigenvalue weighted by molar-refractivity contribution is 0.0885. The van der Waals surface area contributed by atoms with E-state index in [1.807, 2.05) is 12.5 Å². The average molecular weight is 368 g/mol. The lowest BCUT2D eigenvalue weighted by Crippen LogP contribution is -2.35. The largest absolute Gasteiger partial charge is 0.444 e. The summed E-state index contributed by atoms with van der Waals surface area (Å²) in [7, 11) is 0. The molecule has 8 heteroatoms. The molecule has 0 atom stereocenters. The van der Waals surface area contributed by atoms with Crippen molar-refractivity contribution < 1.29 is 14.3 Å². The average Bonchev–Trinajstić information content (AvgIpc) is 2.38. The number of halogens is 2. The van der Waals surface area contributed by atoms with Crippen molar-refractivity contribution in [1.82, 2.24) is 5.32 Å².